The average Bonchev–Trinajstić information content (AvgIpc) is 2.71. The number of anilines is 1. The van der Waals surface area contributed by atoms with Gasteiger partial charge >= 0.3 is 0 Å². The molecule has 0 aliphatic rings. The number of benzene rings is 2. The van der Waals surface area contributed by atoms with Crippen LogP contribution < -0.4 is 9.62 Å². The molecule has 0 saturated heterocycles. The summed E-state index contributed by atoms with van der Waals surface area (Å²) in [6.45, 7) is 0.588. The van der Waals surface area contributed by atoms with Crippen LogP contribution in [0.4, 0.5) is 5.69 Å². The lowest BCUT2D eigenvalue weighted by molar-refractivity contribution is 0.0951. The summed E-state index contributed by atoms with van der Waals surface area (Å²) in [5.74, 6) is -0.196. The number of hydrogen-bond donors (Lipinski definition) is 1. The number of carbonyl (C=O) groups excluding carboxylic acids is 1. The van der Waals surface area contributed by atoms with Crippen LogP contribution in [0.1, 0.15) is 21.5 Å². The van der Waals surface area contributed by atoms with Gasteiger partial charge in [0.1, 0.15) is 0 Å². The van der Waals surface area contributed by atoms with Gasteiger partial charge in [0.15, 0.2) is 0 Å². The van der Waals surface area contributed by atoms with Crippen LogP contribution in [0, 0.1) is 0 Å². The van der Waals surface area contributed by atoms with E-state index in [1.54, 1.807) is 60.9 Å². The second-order valence-electron chi connectivity index (χ2n) is 6.35. The summed E-state index contributed by atoms with van der Waals surface area (Å²) in [4.78, 5) is 16.3. The highest BCUT2D eigenvalue weighted by atomic mass is 32.2. The molecule has 0 aliphatic heterocycles. The van der Waals surface area contributed by atoms with Gasteiger partial charge in [0.25, 0.3) is 5.91 Å². The van der Waals surface area contributed by atoms with Crippen molar-refractivity contribution in [3.63, 3.8) is 0 Å². The van der Waals surface area contributed by atoms with Gasteiger partial charge in [0.2, 0.25) is 10.0 Å². The molecule has 1 N–H and O–H groups in total. The van der Waals surface area contributed by atoms with E-state index in [2.05, 4.69) is 10.3 Å². The molecule has 0 bridgehead atoms. The van der Waals surface area contributed by atoms with E-state index in [1.165, 1.54) is 10.6 Å². The van der Waals surface area contributed by atoms with E-state index < -0.39 is 10.0 Å². The molecular formula is C21H21N3O3S. The van der Waals surface area contributed by atoms with Crippen molar-refractivity contribution in [3.8, 4) is 0 Å². The van der Waals surface area contributed by atoms with Crippen molar-refractivity contribution in [2.45, 2.75) is 13.1 Å². The molecule has 0 spiro atoms. The lowest BCUT2D eigenvalue weighted by Crippen LogP contribution is -2.29. The van der Waals surface area contributed by atoms with Gasteiger partial charge in [-0.1, -0.05) is 36.4 Å². The van der Waals surface area contributed by atoms with Crippen molar-refractivity contribution in [3.05, 3.63) is 95.8 Å². The molecule has 3 aromatic rings. The smallest absolute Gasteiger partial charge is 0.251 e. The number of pyridine rings is 1. The second kappa shape index (κ2) is 8.67. The molecule has 0 atom stereocenters. The Labute approximate surface area is 164 Å². The fourth-order valence-corrected chi connectivity index (χ4v) is 3.60. The molecule has 28 heavy (non-hydrogen) atoms. The average molecular weight is 395 g/mol. The lowest BCUT2D eigenvalue weighted by Gasteiger charge is -2.22. The molecule has 7 heteroatoms. The number of nitrogens with one attached hydrogen (secondary N) is 1. The first-order valence-corrected chi connectivity index (χ1v) is 10.6. The Kier molecular flexibility index (Phi) is 6.06. The molecule has 2 aromatic carbocycles. The number of sulfonamides is 1. The van der Waals surface area contributed by atoms with E-state index in [0.717, 1.165) is 11.1 Å². The van der Waals surface area contributed by atoms with Crippen molar-refractivity contribution in [2.75, 3.05) is 10.6 Å². The van der Waals surface area contributed by atoms with Gasteiger partial charge in [-0.15, -0.1) is 0 Å². The highest BCUT2D eigenvalue weighted by Gasteiger charge is 2.17. The summed E-state index contributed by atoms with van der Waals surface area (Å²) in [6, 6.07) is 19.5. The van der Waals surface area contributed by atoms with Crippen molar-refractivity contribution < 1.29 is 13.2 Å². The zero-order valence-electron chi connectivity index (χ0n) is 15.4. The highest BCUT2D eigenvalue weighted by molar-refractivity contribution is 7.92. The van der Waals surface area contributed by atoms with Gasteiger partial charge in [-0.2, -0.15) is 0 Å². The van der Waals surface area contributed by atoms with Gasteiger partial charge in [-0.25, -0.2) is 8.42 Å². The first-order chi connectivity index (χ1) is 13.4. The number of para-hydroxylation sites is 1. The largest absolute Gasteiger partial charge is 0.348 e. The van der Waals surface area contributed by atoms with Crippen LogP contribution in [0.25, 0.3) is 0 Å². The number of amides is 1. The van der Waals surface area contributed by atoms with Gasteiger partial charge in [-0.05, 0) is 41.5 Å². The Morgan fingerprint density at radius 1 is 0.964 bits per heavy atom. The van der Waals surface area contributed by atoms with E-state index in [9.17, 15) is 13.2 Å². The fraction of sp³-hybridized carbons (Fsp3) is 0.143. The minimum atomic E-state index is -3.43. The predicted octanol–water partition coefficient (Wildman–Crippen LogP) is 2.98. The van der Waals surface area contributed by atoms with Crippen molar-refractivity contribution in [1.82, 2.24) is 10.3 Å². The SMILES string of the molecule is CS(=O)(=O)N(Cc1ccc(C(=O)NCc2cccnc2)cc1)c1ccccc1. The normalized spacial score (nSPS) is 11.0. The molecule has 0 fully saturated rings. The van der Waals surface area contributed by atoms with Crippen LogP contribution in [-0.4, -0.2) is 25.6 Å². The number of rotatable bonds is 7. The summed E-state index contributed by atoms with van der Waals surface area (Å²) in [5.41, 5.74) is 2.82. The predicted molar refractivity (Wildman–Crippen MR) is 109 cm³/mol. The quantitative estimate of drug-likeness (QED) is 0.667. The van der Waals surface area contributed by atoms with Gasteiger partial charge < -0.3 is 5.32 Å². The zero-order valence-corrected chi connectivity index (χ0v) is 16.3. The summed E-state index contributed by atoms with van der Waals surface area (Å²) < 4.78 is 25.7. The van der Waals surface area contributed by atoms with E-state index in [4.69, 9.17) is 0 Å². The Hall–Kier alpha value is -3.19. The maximum atomic E-state index is 12.3. The van der Waals surface area contributed by atoms with Crippen molar-refractivity contribution in [1.29, 1.82) is 0 Å². The zero-order chi connectivity index (χ0) is 20.0. The topological polar surface area (TPSA) is 79.4 Å². The number of nitrogens with zero attached hydrogens (tertiary/aromatic N) is 2. The molecular weight excluding hydrogens is 374 g/mol. The monoisotopic (exact) mass is 395 g/mol. The molecule has 0 saturated carbocycles. The Balaban J connectivity index is 1.68. The van der Waals surface area contributed by atoms with Crippen LogP contribution in [0.15, 0.2) is 79.1 Å². The molecule has 6 nitrogen and oxygen atoms in total. The number of aromatic nitrogens is 1. The molecule has 144 valence electrons. The molecule has 0 aliphatic carbocycles. The lowest BCUT2D eigenvalue weighted by atomic mass is 10.1. The van der Waals surface area contributed by atoms with Gasteiger partial charge in [0.05, 0.1) is 18.5 Å². The fourth-order valence-electron chi connectivity index (χ4n) is 2.71. The summed E-state index contributed by atoms with van der Waals surface area (Å²) >= 11 is 0. The first kappa shape index (κ1) is 19.6. The van der Waals surface area contributed by atoms with E-state index >= 15 is 0 Å². The van der Waals surface area contributed by atoms with Crippen LogP contribution in [-0.2, 0) is 23.1 Å². The summed E-state index contributed by atoms with van der Waals surface area (Å²) in [6.07, 6.45) is 4.56. The van der Waals surface area contributed by atoms with Gasteiger partial charge in [-0.3, -0.25) is 14.1 Å². The van der Waals surface area contributed by atoms with Crippen molar-refractivity contribution >= 4 is 21.6 Å². The van der Waals surface area contributed by atoms with Crippen molar-refractivity contribution in [2.24, 2.45) is 0 Å². The standard InChI is InChI=1S/C21H21N3O3S/c1-28(26,27)24(20-7-3-2-4-8-20)16-17-9-11-19(12-10-17)21(25)23-15-18-6-5-13-22-14-18/h2-14H,15-16H2,1H3,(H,23,25). The van der Waals surface area contributed by atoms with E-state index in [1.807, 2.05) is 18.2 Å². The van der Waals surface area contributed by atoms with E-state index in [0.29, 0.717) is 17.8 Å². The van der Waals surface area contributed by atoms with Crippen LogP contribution in [0.5, 0.6) is 0 Å². The third kappa shape index (κ3) is 5.17. The molecule has 0 radical (unpaired) electrons. The van der Waals surface area contributed by atoms with Crippen LogP contribution >= 0.6 is 0 Å². The third-order valence-electron chi connectivity index (χ3n) is 4.16. The molecule has 1 aromatic heterocycles. The number of carbonyl (C=O) groups is 1. The number of hydrogen-bond acceptors (Lipinski definition) is 4. The third-order valence-corrected chi connectivity index (χ3v) is 5.30. The Morgan fingerprint density at radius 3 is 2.29 bits per heavy atom. The van der Waals surface area contributed by atoms with E-state index in [-0.39, 0.29) is 12.5 Å². The first-order valence-electron chi connectivity index (χ1n) is 8.72. The molecule has 1 heterocycles. The Bertz CT molecular complexity index is 1020. The maximum Gasteiger partial charge on any atom is 0.251 e. The summed E-state index contributed by atoms with van der Waals surface area (Å²) in [5, 5.41) is 2.84. The maximum absolute atomic E-state index is 12.3. The molecule has 3 rings (SSSR count). The Morgan fingerprint density at radius 2 is 1.68 bits per heavy atom. The van der Waals surface area contributed by atoms with Gasteiger partial charge in [0, 0.05) is 24.5 Å². The molecule has 1 amide bonds. The summed E-state index contributed by atoms with van der Waals surface area (Å²) in [7, 11) is -3.43. The second-order valence-corrected chi connectivity index (χ2v) is 8.25. The minimum absolute atomic E-state index is 0.195. The van der Waals surface area contributed by atoms with Crippen LogP contribution in [0.2, 0.25) is 0 Å². The minimum Gasteiger partial charge on any atom is -0.348 e. The van der Waals surface area contributed by atoms with Crippen LogP contribution in [0.3, 0.4) is 0 Å². The molecule has 0 unspecified atom stereocenters. The highest BCUT2D eigenvalue weighted by Crippen LogP contribution is 2.20.